The minimum atomic E-state index is 0.653. The van der Waals surface area contributed by atoms with Gasteiger partial charge in [0.1, 0.15) is 7.11 Å². The van der Waals surface area contributed by atoms with Gasteiger partial charge < -0.3 is 4.74 Å². The van der Waals surface area contributed by atoms with Gasteiger partial charge in [0.15, 0.2) is 0 Å². The first-order chi connectivity index (χ1) is 3.85. The summed E-state index contributed by atoms with van der Waals surface area (Å²) in [6, 6.07) is 0. The van der Waals surface area contributed by atoms with Crippen LogP contribution in [-0.4, -0.2) is 6.61 Å². The molecule has 0 rings (SSSR count). The Bertz CT molecular complexity index is 39.7. The van der Waals surface area contributed by atoms with Crippen molar-refractivity contribution >= 4 is 0 Å². The smallest absolute Gasteiger partial charge is 0.115 e. The van der Waals surface area contributed by atoms with E-state index in [4.69, 9.17) is 7.11 Å². The van der Waals surface area contributed by atoms with Crippen molar-refractivity contribution in [3.05, 3.63) is 7.11 Å². The van der Waals surface area contributed by atoms with Crippen LogP contribution in [0.1, 0.15) is 26.7 Å². The molecule has 0 saturated carbocycles. The molecule has 0 fully saturated rings. The summed E-state index contributed by atoms with van der Waals surface area (Å²) in [7, 11) is 4.88. The first-order valence-electron chi connectivity index (χ1n) is 3.16. The molecular formula is C7H14O. The van der Waals surface area contributed by atoms with Gasteiger partial charge in [-0.25, -0.2) is 0 Å². The highest BCUT2D eigenvalue weighted by atomic mass is 16.5. The third-order valence-corrected chi connectivity index (χ3v) is 1.49. The average Bonchev–Trinajstić information content (AvgIpc) is 1.83. The Morgan fingerprint density at radius 1 is 1.38 bits per heavy atom. The lowest BCUT2D eigenvalue weighted by Crippen LogP contribution is -2.03. The van der Waals surface area contributed by atoms with E-state index < -0.39 is 0 Å². The van der Waals surface area contributed by atoms with Crippen LogP contribution in [0.5, 0.6) is 0 Å². The molecule has 0 atom stereocenters. The van der Waals surface area contributed by atoms with E-state index in [1.54, 1.807) is 0 Å². The first-order valence-corrected chi connectivity index (χ1v) is 3.16. The Morgan fingerprint density at radius 3 is 2.00 bits per heavy atom. The van der Waals surface area contributed by atoms with Gasteiger partial charge in [0.2, 0.25) is 0 Å². The Balaban J connectivity index is 3.07. The van der Waals surface area contributed by atoms with Crippen molar-refractivity contribution in [3.8, 4) is 0 Å². The topological polar surface area (TPSA) is 9.23 Å². The summed E-state index contributed by atoms with van der Waals surface area (Å²) in [5, 5.41) is 0. The Hall–Kier alpha value is -0.0400. The predicted molar refractivity (Wildman–Crippen MR) is 34.3 cm³/mol. The molecule has 0 unspecified atom stereocenters. The van der Waals surface area contributed by atoms with Crippen LogP contribution in [0, 0.1) is 13.0 Å². The van der Waals surface area contributed by atoms with Gasteiger partial charge in [-0.15, -0.1) is 0 Å². The third-order valence-electron chi connectivity index (χ3n) is 1.49. The van der Waals surface area contributed by atoms with Crippen LogP contribution >= 0.6 is 0 Å². The van der Waals surface area contributed by atoms with Gasteiger partial charge in [-0.2, -0.15) is 0 Å². The largest absolute Gasteiger partial charge is 0.372 e. The van der Waals surface area contributed by atoms with Gasteiger partial charge in [0.25, 0.3) is 0 Å². The van der Waals surface area contributed by atoms with E-state index >= 15 is 0 Å². The average molecular weight is 114 g/mol. The standard InChI is InChI=1S/C7H14O/c1-4-7(5-2)6-8-3/h3,7H,4-6H2,1-2H3. The van der Waals surface area contributed by atoms with Gasteiger partial charge in [-0.05, 0) is 5.92 Å². The Kier molecular flexibility index (Phi) is 5.08. The fraction of sp³-hybridized carbons (Fsp3) is 0.857. The molecule has 0 aromatic rings. The van der Waals surface area contributed by atoms with Crippen LogP contribution in [0.4, 0.5) is 0 Å². The van der Waals surface area contributed by atoms with E-state index in [0.29, 0.717) is 12.5 Å². The van der Waals surface area contributed by atoms with E-state index in [9.17, 15) is 0 Å². The molecule has 0 spiro atoms. The zero-order chi connectivity index (χ0) is 6.41. The van der Waals surface area contributed by atoms with Gasteiger partial charge in [-0.3, -0.25) is 0 Å². The summed E-state index contributed by atoms with van der Waals surface area (Å²) in [6.07, 6.45) is 2.32. The molecule has 0 aliphatic heterocycles. The third kappa shape index (κ3) is 3.03. The van der Waals surface area contributed by atoms with Crippen molar-refractivity contribution in [2.24, 2.45) is 5.92 Å². The van der Waals surface area contributed by atoms with Crippen LogP contribution in [0.3, 0.4) is 0 Å². The van der Waals surface area contributed by atoms with Crippen molar-refractivity contribution in [1.29, 1.82) is 0 Å². The molecular weight excluding hydrogens is 100 g/mol. The Labute approximate surface area is 52.0 Å². The fourth-order valence-electron chi connectivity index (χ4n) is 0.660. The van der Waals surface area contributed by atoms with Crippen molar-refractivity contribution in [2.45, 2.75) is 26.7 Å². The quantitative estimate of drug-likeness (QED) is 0.544. The van der Waals surface area contributed by atoms with Crippen molar-refractivity contribution < 1.29 is 4.74 Å². The summed E-state index contributed by atoms with van der Waals surface area (Å²) in [6.45, 7) is 4.99. The van der Waals surface area contributed by atoms with E-state index in [1.165, 1.54) is 0 Å². The summed E-state index contributed by atoms with van der Waals surface area (Å²) in [5.74, 6) is 0.653. The normalized spacial score (nSPS) is 10.5. The van der Waals surface area contributed by atoms with Crippen LogP contribution in [0.15, 0.2) is 0 Å². The maximum absolute atomic E-state index is 4.88. The van der Waals surface area contributed by atoms with Crippen LogP contribution in [-0.2, 0) is 4.74 Å². The molecule has 0 aromatic carbocycles. The van der Waals surface area contributed by atoms with Gasteiger partial charge >= 0.3 is 0 Å². The molecule has 0 bridgehead atoms. The second kappa shape index (κ2) is 5.10. The van der Waals surface area contributed by atoms with E-state index in [2.05, 4.69) is 18.6 Å². The lowest BCUT2D eigenvalue weighted by Gasteiger charge is -2.08. The SMILES string of the molecule is [CH]OCC(CC)CC. The highest BCUT2D eigenvalue weighted by Gasteiger charge is 1.99. The zero-order valence-electron chi connectivity index (χ0n) is 5.68. The lowest BCUT2D eigenvalue weighted by atomic mass is 10.1. The molecule has 0 N–H and O–H groups in total. The first kappa shape index (κ1) is 7.96. The second-order valence-corrected chi connectivity index (χ2v) is 2.02. The fourth-order valence-corrected chi connectivity index (χ4v) is 0.660. The minimum absolute atomic E-state index is 0.653. The molecule has 1 nitrogen and oxygen atoms in total. The number of rotatable bonds is 4. The highest BCUT2D eigenvalue weighted by Crippen LogP contribution is 2.06. The monoisotopic (exact) mass is 114 g/mol. The van der Waals surface area contributed by atoms with Gasteiger partial charge in [-0.1, -0.05) is 26.7 Å². The number of hydrogen-bond donors (Lipinski definition) is 0. The maximum Gasteiger partial charge on any atom is 0.115 e. The molecule has 0 aliphatic rings. The number of hydrogen-bond acceptors (Lipinski definition) is 1. The van der Waals surface area contributed by atoms with E-state index in [0.717, 1.165) is 12.8 Å². The predicted octanol–water partition coefficient (Wildman–Crippen LogP) is 2.11. The van der Waals surface area contributed by atoms with Gasteiger partial charge in [0.05, 0.1) is 6.61 Å². The van der Waals surface area contributed by atoms with Crippen LogP contribution in [0.25, 0.3) is 0 Å². The van der Waals surface area contributed by atoms with Crippen LogP contribution in [0.2, 0.25) is 0 Å². The minimum Gasteiger partial charge on any atom is -0.372 e. The molecule has 0 aliphatic carbocycles. The maximum atomic E-state index is 4.88. The molecule has 1 heteroatoms. The Morgan fingerprint density at radius 2 is 1.88 bits per heavy atom. The van der Waals surface area contributed by atoms with E-state index in [1.807, 2.05) is 0 Å². The molecule has 48 valence electrons. The van der Waals surface area contributed by atoms with Gasteiger partial charge in [0, 0.05) is 0 Å². The summed E-state index contributed by atoms with van der Waals surface area (Å²) < 4.78 is 4.49. The summed E-state index contributed by atoms with van der Waals surface area (Å²) >= 11 is 0. The molecule has 8 heavy (non-hydrogen) atoms. The van der Waals surface area contributed by atoms with E-state index in [-0.39, 0.29) is 0 Å². The number of ether oxygens (including phenoxy) is 1. The lowest BCUT2D eigenvalue weighted by molar-refractivity contribution is 0.182. The highest BCUT2D eigenvalue weighted by molar-refractivity contribution is 4.50. The molecule has 0 saturated heterocycles. The van der Waals surface area contributed by atoms with Crippen molar-refractivity contribution in [1.82, 2.24) is 0 Å². The molecule has 0 amide bonds. The summed E-state index contributed by atoms with van der Waals surface area (Å²) in [5.41, 5.74) is 0. The van der Waals surface area contributed by atoms with Crippen molar-refractivity contribution in [2.75, 3.05) is 6.61 Å². The molecule has 0 aromatic heterocycles. The summed E-state index contributed by atoms with van der Waals surface area (Å²) in [4.78, 5) is 0. The second-order valence-electron chi connectivity index (χ2n) is 2.02. The van der Waals surface area contributed by atoms with Crippen molar-refractivity contribution in [3.63, 3.8) is 0 Å². The molecule has 2 radical (unpaired) electrons. The van der Waals surface area contributed by atoms with Crippen LogP contribution < -0.4 is 0 Å². The molecule has 0 heterocycles. The zero-order valence-corrected chi connectivity index (χ0v) is 5.68.